The van der Waals surface area contributed by atoms with Crippen molar-refractivity contribution in [2.45, 2.75) is 34.6 Å². The minimum atomic E-state index is -0.412. The average Bonchev–Trinajstić information content (AvgIpc) is 2.79. The molecule has 20 heavy (non-hydrogen) atoms. The second kappa shape index (κ2) is 5.37. The second-order valence-electron chi connectivity index (χ2n) is 6.06. The quantitative estimate of drug-likeness (QED) is 0.889. The zero-order chi connectivity index (χ0) is 14.9. The first-order chi connectivity index (χ1) is 9.27. The minimum absolute atomic E-state index is 0.0145. The largest absolute Gasteiger partial charge is 0.302 e. The molecule has 0 aliphatic rings. The van der Waals surface area contributed by atoms with Gasteiger partial charge in [0.2, 0.25) is 5.91 Å². The Morgan fingerprint density at radius 1 is 1.25 bits per heavy atom. The van der Waals surface area contributed by atoms with Gasteiger partial charge in [-0.15, -0.1) is 11.3 Å². The van der Waals surface area contributed by atoms with E-state index in [4.69, 9.17) is 0 Å². The maximum atomic E-state index is 12.0. The Hall–Kier alpha value is -1.68. The molecule has 0 saturated heterocycles. The van der Waals surface area contributed by atoms with Gasteiger partial charge in [0.1, 0.15) is 0 Å². The lowest BCUT2D eigenvalue weighted by Crippen LogP contribution is -2.27. The normalized spacial score (nSPS) is 11.4. The number of thiazole rings is 1. The molecule has 2 aromatic rings. The molecular formula is C16H20N2OS. The highest BCUT2D eigenvalue weighted by atomic mass is 32.1. The van der Waals surface area contributed by atoms with Gasteiger partial charge >= 0.3 is 0 Å². The van der Waals surface area contributed by atoms with Gasteiger partial charge in [0, 0.05) is 16.4 Å². The highest BCUT2D eigenvalue weighted by Crippen LogP contribution is 2.29. The molecule has 1 aromatic carbocycles. The summed E-state index contributed by atoms with van der Waals surface area (Å²) in [7, 11) is 0. The van der Waals surface area contributed by atoms with E-state index in [2.05, 4.69) is 42.3 Å². The number of carbonyl (C=O) groups excluding carboxylic acids is 1. The van der Waals surface area contributed by atoms with Gasteiger partial charge in [0.25, 0.3) is 0 Å². The number of benzene rings is 1. The maximum absolute atomic E-state index is 12.0. The molecule has 0 spiro atoms. The fourth-order valence-electron chi connectivity index (χ4n) is 1.75. The van der Waals surface area contributed by atoms with Crippen LogP contribution in [0.2, 0.25) is 0 Å². The molecule has 1 heterocycles. The van der Waals surface area contributed by atoms with E-state index in [1.807, 2.05) is 26.2 Å². The first-order valence-corrected chi connectivity index (χ1v) is 7.50. The number of hydrogen-bond acceptors (Lipinski definition) is 3. The van der Waals surface area contributed by atoms with Gasteiger partial charge in [-0.2, -0.15) is 0 Å². The Bertz CT molecular complexity index is 638. The van der Waals surface area contributed by atoms with Crippen molar-refractivity contribution in [1.82, 2.24) is 4.98 Å². The summed E-state index contributed by atoms with van der Waals surface area (Å²) in [4.78, 5) is 16.5. The van der Waals surface area contributed by atoms with E-state index in [1.54, 1.807) is 0 Å². The summed E-state index contributed by atoms with van der Waals surface area (Å²) in [6.07, 6.45) is 0. The zero-order valence-electron chi connectivity index (χ0n) is 12.6. The third-order valence-electron chi connectivity index (χ3n) is 3.07. The average molecular weight is 288 g/mol. The molecule has 106 valence electrons. The van der Waals surface area contributed by atoms with Crippen LogP contribution >= 0.6 is 11.3 Å². The van der Waals surface area contributed by atoms with E-state index < -0.39 is 5.41 Å². The molecule has 0 aliphatic carbocycles. The van der Waals surface area contributed by atoms with E-state index in [0.29, 0.717) is 5.13 Å². The fourth-order valence-corrected chi connectivity index (χ4v) is 2.46. The molecule has 2 rings (SSSR count). The standard InChI is InChI=1S/C16H20N2OS/c1-10-6-7-11(2)12(8-10)13-9-20-15(17-13)18-14(19)16(3,4)5/h6-9H,1-5H3,(H,17,18,19). The number of aryl methyl sites for hydroxylation is 2. The molecule has 0 fully saturated rings. The number of nitrogens with zero attached hydrogens (tertiary/aromatic N) is 1. The van der Waals surface area contributed by atoms with Crippen LogP contribution < -0.4 is 5.32 Å². The maximum Gasteiger partial charge on any atom is 0.231 e. The molecule has 1 N–H and O–H groups in total. The summed E-state index contributed by atoms with van der Waals surface area (Å²) in [6.45, 7) is 9.81. The predicted molar refractivity (Wildman–Crippen MR) is 85.1 cm³/mol. The molecule has 3 nitrogen and oxygen atoms in total. The molecule has 0 atom stereocenters. The van der Waals surface area contributed by atoms with E-state index in [1.165, 1.54) is 22.5 Å². The van der Waals surface area contributed by atoms with Crippen molar-refractivity contribution in [1.29, 1.82) is 0 Å². The van der Waals surface area contributed by atoms with Crippen molar-refractivity contribution in [3.8, 4) is 11.3 Å². The number of hydrogen-bond donors (Lipinski definition) is 1. The summed E-state index contributed by atoms with van der Waals surface area (Å²) in [6, 6.07) is 6.31. The fraction of sp³-hybridized carbons (Fsp3) is 0.375. The van der Waals surface area contributed by atoms with Crippen LogP contribution in [0.1, 0.15) is 31.9 Å². The highest BCUT2D eigenvalue weighted by molar-refractivity contribution is 7.14. The summed E-state index contributed by atoms with van der Waals surface area (Å²) < 4.78 is 0. The predicted octanol–water partition coefficient (Wildman–Crippen LogP) is 4.41. The first-order valence-electron chi connectivity index (χ1n) is 6.62. The van der Waals surface area contributed by atoms with Crippen LogP contribution in [0.5, 0.6) is 0 Å². The molecule has 0 unspecified atom stereocenters. The Balaban J connectivity index is 2.25. The van der Waals surface area contributed by atoms with E-state index in [9.17, 15) is 4.79 Å². The topological polar surface area (TPSA) is 42.0 Å². The van der Waals surface area contributed by atoms with Crippen molar-refractivity contribution in [3.05, 3.63) is 34.7 Å². The molecule has 0 aliphatic heterocycles. The Morgan fingerprint density at radius 3 is 2.60 bits per heavy atom. The van der Waals surface area contributed by atoms with Gasteiger partial charge in [0.05, 0.1) is 5.69 Å². The van der Waals surface area contributed by atoms with Crippen LogP contribution in [-0.4, -0.2) is 10.9 Å². The van der Waals surface area contributed by atoms with Crippen LogP contribution in [0.4, 0.5) is 5.13 Å². The second-order valence-corrected chi connectivity index (χ2v) is 6.92. The SMILES string of the molecule is Cc1ccc(C)c(-c2csc(NC(=O)C(C)(C)C)n2)c1. The van der Waals surface area contributed by atoms with Gasteiger partial charge < -0.3 is 5.32 Å². The van der Waals surface area contributed by atoms with Gasteiger partial charge in [-0.3, -0.25) is 4.79 Å². The van der Waals surface area contributed by atoms with E-state index in [0.717, 1.165) is 11.3 Å². The lowest BCUT2D eigenvalue weighted by molar-refractivity contribution is -0.123. The number of anilines is 1. The summed E-state index contributed by atoms with van der Waals surface area (Å²) in [5, 5.41) is 5.51. The molecule has 4 heteroatoms. The smallest absolute Gasteiger partial charge is 0.231 e. The molecular weight excluding hydrogens is 268 g/mol. The van der Waals surface area contributed by atoms with Crippen molar-refractivity contribution in [2.75, 3.05) is 5.32 Å². The Morgan fingerprint density at radius 2 is 1.95 bits per heavy atom. The zero-order valence-corrected chi connectivity index (χ0v) is 13.4. The molecule has 1 amide bonds. The number of nitrogens with one attached hydrogen (secondary N) is 1. The summed E-state index contributed by atoms with van der Waals surface area (Å²) in [5.74, 6) is -0.0145. The van der Waals surface area contributed by atoms with Crippen molar-refractivity contribution in [3.63, 3.8) is 0 Å². The van der Waals surface area contributed by atoms with E-state index in [-0.39, 0.29) is 5.91 Å². The van der Waals surface area contributed by atoms with Crippen LogP contribution in [0.15, 0.2) is 23.6 Å². The van der Waals surface area contributed by atoms with E-state index >= 15 is 0 Å². The number of carbonyl (C=O) groups is 1. The Labute approximate surface area is 124 Å². The molecule has 0 bridgehead atoms. The van der Waals surface area contributed by atoms with Crippen LogP contribution in [0.25, 0.3) is 11.3 Å². The first kappa shape index (κ1) is 14.7. The number of aromatic nitrogens is 1. The van der Waals surface area contributed by atoms with Crippen LogP contribution in [0.3, 0.4) is 0 Å². The Kier molecular flexibility index (Phi) is 3.95. The molecule has 0 radical (unpaired) electrons. The van der Waals surface area contributed by atoms with Crippen molar-refractivity contribution < 1.29 is 4.79 Å². The summed E-state index contributed by atoms with van der Waals surface area (Å²) >= 11 is 1.46. The minimum Gasteiger partial charge on any atom is -0.302 e. The van der Waals surface area contributed by atoms with Gasteiger partial charge in [0.15, 0.2) is 5.13 Å². The monoisotopic (exact) mass is 288 g/mol. The molecule has 1 aromatic heterocycles. The molecule has 0 saturated carbocycles. The van der Waals surface area contributed by atoms with Crippen LogP contribution in [0, 0.1) is 19.3 Å². The highest BCUT2D eigenvalue weighted by Gasteiger charge is 2.22. The van der Waals surface area contributed by atoms with Gasteiger partial charge in [-0.1, -0.05) is 38.5 Å². The lowest BCUT2D eigenvalue weighted by Gasteiger charge is -2.15. The number of rotatable bonds is 2. The van der Waals surface area contributed by atoms with Gasteiger partial charge in [-0.05, 0) is 25.5 Å². The third-order valence-corrected chi connectivity index (χ3v) is 3.83. The lowest BCUT2D eigenvalue weighted by atomic mass is 9.96. The van der Waals surface area contributed by atoms with Crippen molar-refractivity contribution >= 4 is 22.4 Å². The van der Waals surface area contributed by atoms with Crippen LogP contribution in [-0.2, 0) is 4.79 Å². The summed E-state index contributed by atoms with van der Waals surface area (Å²) in [5.41, 5.74) is 4.02. The van der Waals surface area contributed by atoms with Crippen molar-refractivity contribution in [2.24, 2.45) is 5.41 Å². The van der Waals surface area contributed by atoms with Gasteiger partial charge in [-0.25, -0.2) is 4.98 Å². The number of amides is 1. The third kappa shape index (κ3) is 3.25.